The van der Waals surface area contributed by atoms with Crippen LogP contribution in [0.4, 0.5) is 5.00 Å². The minimum absolute atomic E-state index is 0.230. The van der Waals surface area contributed by atoms with E-state index in [-0.39, 0.29) is 6.61 Å². The van der Waals surface area contributed by atoms with Crippen molar-refractivity contribution in [1.82, 2.24) is 5.43 Å². The van der Waals surface area contributed by atoms with Crippen LogP contribution < -0.4 is 10.7 Å². The van der Waals surface area contributed by atoms with E-state index in [1.165, 1.54) is 17.6 Å². The molecule has 0 saturated carbocycles. The van der Waals surface area contributed by atoms with Gasteiger partial charge in [0, 0.05) is 15.5 Å². The third-order valence-electron chi connectivity index (χ3n) is 4.61. The minimum atomic E-state index is -0.947. The van der Waals surface area contributed by atoms with Gasteiger partial charge in [0.15, 0.2) is 0 Å². The summed E-state index contributed by atoms with van der Waals surface area (Å²) in [6.07, 6.45) is 6.05. The highest BCUT2D eigenvalue weighted by molar-refractivity contribution is 7.17. The average molecular weight is 448 g/mol. The molecule has 2 N–H and O–H groups in total. The third kappa shape index (κ3) is 5.25. The Labute approximate surface area is 183 Å². The molecule has 1 heterocycles. The number of ether oxygens (including phenoxy) is 1. The Bertz CT molecular complexity index is 987. The summed E-state index contributed by atoms with van der Waals surface area (Å²) in [7, 11) is 0. The van der Waals surface area contributed by atoms with Crippen molar-refractivity contribution in [2.45, 2.75) is 39.0 Å². The topological polar surface area (TPSA) is 96.9 Å². The van der Waals surface area contributed by atoms with Crippen LogP contribution in [-0.2, 0) is 27.2 Å². The third-order valence-corrected chi connectivity index (χ3v) is 6.16. The molecule has 0 saturated heterocycles. The Balaban J connectivity index is 1.73. The lowest BCUT2D eigenvalue weighted by Gasteiger charge is -2.08. The first kappa shape index (κ1) is 22.0. The number of nitrogens with zero attached hydrogens (tertiary/aromatic N) is 1. The number of fused-ring (bicyclic) bond motifs is 1. The number of carbonyl (C=O) groups is 3. The van der Waals surface area contributed by atoms with Gasteiger partial charge in [0.05, 0.1) is 18.4 Å². The molecule has 0 radical (unpaired) electrons. The normalized spacial score (nSPS) is 13.4. The summed E-state index contributed by atoms with van der Waals surface area (Å²) in [5.41, 5.74) is 4.06. The standard InChI is InChI=1S/C21H22ClN3O4S/c1-2-29-21(28)17-14-9-4-3-5-11-16(14)30-20(17)24-18(26)19(27)25-23-12-13-8-6-7-10-15(13)22/h6-8,10,12H,2-5,9,11H2,1H3,(H,24,26)(H,25,27). The second kappa shape index (κ2) is 10.4. The van der Waals surface area contributed by atoms with E-state index in [0.29, 0.717) is 21.2 Å². The van der Waals surface area contributed by atoms with Gasteiger partial charge in [-0.3, -0.25) is 9.59 Å². The first-order chi connectivity index (χ1) is 14.5. The van der Waals surface area contributed by atoms with Crippen LogP contribution >= 0.6 is 22.9 Å². The molecule has 1 aromatic carbocycles. The number of amides is 2. The van der Waals surface area contributed by atoms with Crippen LogP contribution in [0, 0.1) is 0 Å². The van der Waals surface area contributed by atoms with Gasteiger partial charge >= 0.3 is 17.8 Å². The van der Waals surface area contributed by atoms with E-state index in [1.807, 2.05) is 0 Å². The first-order valence-electron chi connectivity index (χ1n) is 9.71. The van der Waals surface area contributed by atoms with Crippen LogP contribution in [-0.4, -0.2) is 30.6 Å². The number of rotatable bonds is 5. The van der Waals surface area contributed by atoms with Crippen LogP contribution in [0.25, 0.3) is 0 Å². The number of anilines is 1. The zero-order valence-electron chi connectivity index (χ0n) is 16.5. The van der Waals surface area contributed by atoms with E-state index < -0.39 is 17.8 Å². The summed E-state index contributed by atoms with van der Waals surface area (Å²) in [6.45, 7) is 1.96. The number of hydrogen-bond donors (Lipinski definition) is 2. The van der Waals surface area contributed by atoms with Gasteiger partial charge < -0.3 is 10.1 Å². The predicted octanol–water partition coefficient (Wildman–Crippen LogP) is 3.94. The Kier molecular flexibility index (Phi) is 7.59. The van der Waals surface area contributed by atoms with Gasteiger partial charge in [-0.15, -0.1) is 11.3 Å². The molecule has 3 rings (SSSR count). The molecule has 0 unspecified atom stereocenters. The largest absolute Gasteiger partial charge is 0.462 e. The molecule has 0 aliphatic heterocycles. The molecule has 1 aliphatic carbocycles. The van der Waals surface area contributed by atoms with Crippen molar-refractivity contribution in [2.75, 3.05) is 11.9 Å². The van der Waals surface area contributed by atoms with Crippen LogP contribution in [0.1, 0.15) is 52.5 Å². The number of aryl methyl sites for hydroxylation is 1. The van der Waals surface area contributed by atoms with Gasteiger partial charge in [0.1, 0.15) is 5.00 Å². The van der Waals surface area contributed by atoms with E-state index in [9.17, 15) is 14.4 Å². The van der Waals surface area contributed by atoms with Crippen molar-refractivity contribution in [3.8, 4) is 0 Å². The zero-order chi connectivity index (χ0) is 21.5. The summed E-state index contributed by atoms with van der Waals surface area (Å²) in [6, 6.07) is 6.96. The lowest BCUT2D eigenvalue weighted by atomic mass is 10.1. The quantitative estimate of drug-likeness (QED) is 0.238. The molecule has 30 heavy (non-hydrogen) atoms. The molecular formula is C21H22ClN3O4S. The summed E-state index contributed by atoms with van der Waals surface area (Å²) >= 11 is 7.35. The second-order valence-corrected chi connectivity index (χ2v) is 8.18. The molecule has 1 aromatic heterocycles. The molecule has 0 bridgehead atoms. The van der Waals surface area contributed by atoms with Gasteiger partial charge in [0.25, 0.3) is 0 Å². The highest BCUT2D eigenvalue weighted by atomic mass is 35.5. The molecule has 0 atom stereocenters. The fourth-order valence-corrected chi connectivity index (χ4v) is 4.66. The van der Waals surface area contributed by atoms with Crippen molar-refractivity contribution in [3.05, 3.63) is 50.9 Å². The lowest BCUT2D eigenvalue weighted by molar-refractivity contribution is -0.136. The van der Waals surface area contributed by atoms with Gasteiger partial charge in [-0.05, 0) is 44.2 Å². The van der Waals surface area contributed by atoms with E-state index >= 15 is 0 Å². The number of hydrogen-bond acceptors (Lipinski definition) is 6. The molecule has 7 nitrogen and oxygen atoms in total. The lowest BCUT2D eigenvalue weighted by Crippen LogP contribution is -2.32. The van der Waals surface area contributed by atoms with Crippen LogP contribution in [0.15, 0.2) is 29.4 Å². The molecule has 9 heteroatoms. The Morgan fingerprint density at radius 3 is 2.70 bits per heavy atom. The number of hydrazone groups is 1. The van der Waals surface area contributed by atoms with Crippen molar-refractivity contribution >= 4 is 51.9 Å². The molecule has 0 spiro atoms. The van der Waals surface area contributed by atoms with Gasteiger partial charge in [-0.1, -0.05) is 36.2 Å². The molecule has 158 valence electrons. The highest BCUT2D eigenvalue weighted by Gasteiger charge is 2.27. The number of carbonyl (C=O) groups excluding carboxylic acids is 3. The van der Waals surface area contributed by atoms with Crippen molar-refractivity contribution < 1.29 is 19.1 Å². The number of benzene rings is 1. The number of halogens is 1. The maximum atomic E-state index is 12.5. The second-order valence-electron chi connectivity index (χ2n) is 6.66. The van der Waals surface area contributed by atoms with E-state index in [0.717, 1.165) is 42.5 Å². The number of nitrogens with one attached hydrogen (secondary N) is 2. The maximum absolute atomic E-state index is 12.5. The predicted molar refractivity (Wildman–Crippen MR) is 117 cm³/mol. The van der Waals surface area contributed by atoms with Crippen molar-refractivity contribution in [3.63, 3.8) is 0 Å². The first-order valence-corrected chi connectivity index (χ1v) is 10.9. The maximum Gasteiger partial charge on any atom is 0.341 e. The monoisotopic (exact) mass is 447 g/mol. The fourth-order valence-electron chi connectivity index (χ4n) is 3.20. The van der Waals surface area contributed by atoms with Crippen LogP contribution in [0.3, 0.4) is 0 Å². The number of thiophene rings is 1. The average Bonchev–Trinajstić information content (AvgIpc) is 2.89. The molecule has 1 aliphatic rings. The molecular weight excluding hydrogens is 426 g/mol. The summed E-state index contributed by atoms with van der Waals surface area (Å²) in [5.74, 6) is -2.34. The van der Waals surface area contributed by atoms with Crippen LogP contribution in [0.2, 0.25) is 5.02 Å². The summed E-state index contributed by atoms with van der Waals surface area (Å²) in [5, 5.41) is 7.14. The molecule has 2 amide bonds. The highest BCUT2D eigenvalue weighted by Crippen LogP contribution is 2.38. The molecule has 0 fully saturated rings. The van der Waals surface area contributed by atoms with Crippen molar-refractivity contribution in [2.24, 2.45) is 5.10 Å². The Morgan fingerprint density at radius 2 is 1.93 bits per heavy atom. The summed E-state index contributed by atoms with van der Waals surface area (Å²) < 4.78 is 5.18. The van der Waals surface area contributed by atoms with E-state index in [1.54, 1.807) is 31.2 Å². The Hall–Kier alpha value is -2.71. The Morgan fingerprint density at radius 1 is 1.17 bits per heavy atom. The van der Waals surface area contributed by atoms with E-state index in [4.69, 9.17) is 16.3 Å². The minimum Gasteiger partial charge on any atom is -0.462 e. The van der Waals surface area contributed by atoms with E-state index in [2.05, 4.69) is 15.8 Å². The van der Waals surface area contributed by atoms with Gasteiger partial charge in [0.2, 0.25) is 0 Å². The molecule has 2 aromatic rings. The number of esters is 1. The smallest absolute Gasteiger partial charge is 0.341 e. The fraction of sp³-hybridized carbons (Fsp3) is 0.333. The SMILES string of the molecule is CCOC(=O)c1c(NC(=O)C(=O)NN=Cc2ccccc2Cl)sc2c1CCCCC2. The van der Waals surface area contributed by atoms with Gasteiger partial charge in [-0.2, -0.15) is 5.10 Å². The van der Waals surface area contributed by atoms with Gasteiger partial charge in [-0.25, -0.2) is 10.2 Å². The van der Waals surface area contributed by atoms with Crippen LogP contribution in [0.5, 0.6) is 0 Å². The zero-order valence-corrected chi connectivity index (χ0v) is 18.1. The van der Waals surface area contributed by atoms with Crippen molar-refractivity contribution in [1.29, 1.82) is 0 Å². The summed E-state index contributed by atoms with van der Waals surface area (Å²) in [4.78, 5) is 38.1.